The lowest BCUT2D eigenvalue weighted by molar-refractivity contribution is -0.203. The Morgan fingerprint density at radius 2 is 1.86 bits per heavy atom. The van der Waals surface area contributed by atoms with E-state index in [4.69, 9.17) is 20.0 Å². The van der Waals surface area contributed by atoms with E-state index in [9.17, 15) is 14.4 Å². The lowest BCUT2D eigenvalue weighted by Crippen LogP contribution is -2.36. The van der Waals surface area contributed by atoms with Gasteiger partial charge in [0.05, 0.1) is 12.2 Å². The average molecular weight is 302 g/mol. The maximum Gasteiger partial charge on any atom is 0.358 e. The van der Waals surface area contributed by atoms with E-state index in [1.807, 2.05) is 0 Å². The monoisotopic (exact) mass is 302 g/mol. The van der Waals surface area contributed by atoms with E-state index in [2.05, 4.69) is 0 Å². The number of ether oxygens (including phenoxy) is 2. The first-order valence-electron chi connectivity index (χ1n) is 6.84. The zero-order valence-corrected chi connectivity index (χ0v) is 12.4. The molecule has 1 rings (SSSR count). The van der Waals surface area contributed by atoms with Crippen molar-refractivity contribution >= 4 is 17.8 Å². The number of hydrogen-bond acceptors (Lipinski definition) is 7. The third kappa shape index (κ3) is 6.19. The number of imide groups is 1. The van der Waals surface area contributed by atoms with Crippen LogP contribution in [0.2, 0.25) is 0 Å². The number of hydrogen-bond donors (Lipinski definition) is 1. The summed E-state index contributed by atoms with van der Waals surface area (Å²) < 4.78 is 10.7. The Kier molecular flexibility index (Phi) is 6.73. The fourth-order valence-electron chi connectivity index (χ4n) is 1.62. The molecule has 0 aromatic heterocycles. The zero-order valence-electron chi connectivity index (χ0n) is 12.4. The normalized spacial score (nSPS) is 15.7. The maximum absolute atomic E-state index is 11.6. The lowest BCUT2D eigenvalue weighted by atomic mass is 10.1. The van der Waals surface area contributed by atoms with Crippen molar-refractivity contribution < 1.29 is 28.7 Å². The third-order valence-corrected chi connectivity index (χ3v) is 2.89. The molecule has 21 heavy (non-hydrogen) atoms. The molecule has 1 fully saturated rings. The third-order valence-electron chi connectivity index (χ3n) is 2.89. The van der Waals surface area contributed by atoms with Crippen molar-refractivity contribution in [1.82, 2.24) is 5.06 Å². The molecule has 2 N–H and O–H groups in total. The van der Waals surface area contributed by atoms with Crippen molar-refractivity contribution in [3.8, 4) is 0 Å². The summed E-state index contributed by atoms with van der Waals surface area (Å²) in [7, 11) is 0. The van der Waals surface area contributed by atoms with E-state index >= 15 is 0 Å². The summed E-state index contributed by atoms with van der Waals surface area (Å²) in [6.07, 6.45) is 0.704. The molecule has 120 valence electrons. The van der Waals surface area contributed by atoms with Gasteiger partial charge in [-0.2, -0.15) is 0 Å². The maximum atomic E-state index is 11.6. The van der Waals surface area contributed by atoms with Gasteiger partial charge in [0.25, 0.3) is 11.8 Å². The Bertz CT molecular complexity index is 380. The number of nitrogens with zero attached hydrogens (tertiary/aromatic N) is 1. The SMILES string of the molecule is CC(C)(CCOCCN)OCC(=O)ON1C(=O)CCC1=O. The minimum absolute atomic E-state index is 0.0664. The van der Waals surface area contributed by atoms with Gasteiger partial charge in [-0.3, -0.25) is 9.59 Å². The molecule has 0 spiro atoms. The Hall–Kier alpha value is -1.51. The molecular formula is C13H22N2O6. The molecule has 1 aliphatic rings. The lowest BCUT2D eigenvalue weighted by Gasteiger charge is -2.25. The van der Waals surface area contributed by atoms with E-state index in [1.165, 1.54) is 0 Å². The number of nitrogens with two attached hydrogens (primary N) is 1. The number of amides is 2. The van der Waals surface area contributed by atoms with Crippen molar-refractivity contribution in [1.29, 1.82) is 0 Å². The van der Waals surface area contributed by atoms with Crippen LogP contribution in [0.3, 0.4) is 0 Å². The molecule has 8 heteroatoms. The van der Waals surface area contributed by atoms with E-state index in [1.54, 1.807) is 13.8 Å². The molecule has 0 unspecified atom stereocenters. The molecule has 0 aromatic rings. The van der Waals surface area contributed by atoms with Gasteiger partial charge in [-0.15, -0.1) is 5.06 Å². The van der Waals surface area contributed by atoms with Crippen LogP contribution in [-0.2, 0) is 28.7 Å². The summed E-state index contributed by atoms with van der Waals surface area (Å²) in [5.74, 6) is -1.81. The van der Waals surface area contributed by atoms with Gasteiger partial charge in [0, 0.05) is 26.0 Å². The highest BCUT2D eigenvalue weighted by Gasteiger charge is 2.33. The van der Waals surface area contributed by atoms with Gasteiger partial charge in [0.15, 0.2) is 0 Å². The summed E-state index contributed by atoms with van der Waals surface area (Å²) in [5, 5.41) is 0.503. The smallest absolute Gasteiger partial charge is 0.358 e. The average Bonchev–Trinajstić information content (AvgIpc) is 2.73. The van der Waals surface area contributed by atoms with Gasteiger partial charge in [0.1, 0.15) is 6.61 Å². The summed E-state index contributed by atoms with van der Waals surface area (Å²) in [6, 6.07) is 0. The second-order valence-electron chi connectivity index (χ2n) is 5.24. The standard InChI is InChI=1S/C13H22N2O6/c1-13(2,5-7-19-8-6-14)20-9-12(18)21-15-10(16)3-4-11(15)17/h3-9,14H2,1-2H3. The highest BCUT2D eigenvalue weighted by molar-refractivity contribution is 6.01. The summed E-state index contributed by atoms with van der Waals surface area (Å²) >= 11 is 0. The van der Waals surface area contributed by atoms with Gasteiger partial charge in [-0.05, 0) is 20.3 Å². The minimum atomic E-state index is -0.783. The largest absolute Gasteiger partial charge is 0.380 e. The van der Waals surface area contributed by atoms with Crippen LogP contribution in [0.25, 0.3) is 0 Å². The molecule has 0 aliphatic carbocycles. The van der Waals surface area contributed by atoms with Crippen LogP contribution in [0.1, 0.15) is 33.1 Å². The molecule has 1 aliphatic heterocycles. The first-order chi connectivity index (χ1) is 9.85. The van der Waals surface area contributed by atoms with Gasteiger partial charge in [-0.25, -0.2) is 4.79 Å². The van der Waals surface area contributed by atoms with Crippen LogP contribution >= 0.6 is 0 Å². The van der Waals surface area contributed by atoms with Crippen molar-refractivity contribution in [3.05, 3.63) is 0 Å². The summed E-state index contributed by atoms with van der Waals surface area (Å²) in [6.45, 7) is 4.64. The van der Waals surface area contributed by atoms with Gasteiger partial charge < -0.3 is 20.0 Å². The summed E-state index contributed by atoms with van der Waals surface area (Å²) in [4.78, 5) is 38.8. The fraction of sp³-hybridized carbons (Fsp3) is 0.769. The van der Waals surface area contributed by atoms with Crippen molar-refractivity contribution in [2.45, 2.75) is 38.7 Å². The van der Waals surface area contributed by atoms with E-state index in [0.29, 0.717) is 31.2 Å². The predicted molar refractivity (Wildman–Crippen MR) is 71.7 cm³/mol. The number of rotatable bonds is 9. The first-order valence-corrected chi connectivity index (χ1v) is 6.84. The minimum Gasteiger partial charge on any atom is -0.380 e. The molecule has 1 heterocycles. The molecular weight excluding hydrogens is 280 g/mol. The molecule has 0 atom stereocenters. The highest BCUT2D eigenvalue weighted by atomic mass is 16.7. The Labute approximate surface area is 123 Å². The molecule has 0 radical (unpaired) electrons. The van der Waals surface area contributed by atoms with Crippen LogP contribution in [0.15, 0.2) is 0 Å². The van der Waals surface area contributed by atoms with Gasteiger partial charge in [-0.1, -0.05) is 0 Å². The first kappa shape index (κ1) is 17.5. The van der Waals surface area contributed by atoms with Crippen LogP contribution in [0.4, 0.5) is 0 Å². The summed E-state index contributed by atoms with van der Waals surface area (Å²) in [5.41, 5.74) is 4.71. The number of hydroxylamine groups is 2. The molecule has 1 saturated heterocycles. The molecule has 0 aromatic carbocycles. The van der Waals surface area contributed by atoms with Gasteiger partial charge in [0.2, 0.25) is 0 Å². The predicted octanol–water partition coefficient (Wildman–Crippen LogP) is -0.246. The van der Waals surface area contributed by atoms with Gasteiger partial charge >= 0.3 is 5.97 Å². The molecule has 2 amide bonds. The molecule has 8 nitrogen and oxygen atoms in total. The molecule has 0 saturated carbocycles. The number of carbonyl (C=O) groups is 3. The number of carbonyl (C=O) groups excluding carboxylic acids is 3. The Morgan fingerprint density at radius 1 is 1.24 bits per heavy atom. The highest BCUT2D eigenvalue weighted by Crippen LogP contribution is 2.16. The van der Waals surface area contributed by atoms with Crippen LogP contribution in [-0.4, -0.2) is 54.8 Å². The topological polar surface area (TPSA) is 108 Å². The second kappa shape index (κ2) is 8.06. The van der Waals surface area contributed by atoms with E-state index in [-0.39, 0.29) is 19.4 Å². The van der Waals surface area contributed by atoms with Crippen LogP contribution in [0.5, 0.6) is 0 Å². The van der Waals surface area contributed by atoms with Crippen LogP contribution < -0.4 is 5.73 Å². The van der Waals surface area contributed by atoms with Crippen molar-refractivity contribution in [3.63, 3.8) is 0 Å². The molecule has 0 bridgehead atoms. The van der Waals surface area contributed by atoms with Crippen LogP contribution in [0, 0.1) is 0 Å². The van der Waals surface area contributed by atoms with E-state index in [0.717, 1.165) is 0 Å². The Balaban J connectivity index is 2.28. The Morgan fingerprint density at radius 3 is 2.43 bits per heavy atom. The fourth-order valence-corrected chi connectivity index (χ4v) is 1.62. The van der Waals surface area contributed by atoms with Crippen molar-refractivity contribution in [2.24, 2.45) is 5.73 Å². The quantitative estimate of drug-likeness (QED) is 0.462. The second-order valence-corrected chi connectivity index (χ2v) is 5.24. The zero-order chi connectivity index (χ0) is 15.9. The van der Waals surface area contributed by atoms with Crippen molar-refractivity contribution in [2.75, 3.05) is 26.4 Å². The van der Waals surface area contributed by atoms with E-state index < -0.39 is 23.4 Å².